The minimum absolute atomic E-state index is 0.0370. The van der Waals surface area contributed by atoms with Crippen LogP contribution in [0.4, 0.5) is 11.4 Å². The molecule has 0 fully saturated rings. The van der Waals surface area contributed by atoms with Crippen LogP contribution in [-0.2, 0) is 4.79 Å². The zero-order valence-electron chi connectivity index (χ0n) is 7.21. The highest BCUT2D eigenvalue weighted by atomic mass is 16.6. The van der Waals surface area contributed by atoms with E-state index in [1.165, 1.54) is 24.4 Å². The van der Waals surface area contributed by atoms with Gasteiger partial charge in [0, 0.05) is 24.0 Å². The number of anilines is 1. The summed E-state index contributed by atoms with van der Waals surface area (Å²) in [5.41, 5.74) is 0.726. The molecule has 0 aliphatic rings. The first-order valence-corrected chi connectivity index (χ1v) is 3.85. The second-order valence-corrected chi connectivity index (χ2v) is 2.44. The fraction of sp³-hybridized carbons (Fsp3) is 0. The van der Waals surface area contributed by atoms with Crippen LogP contribution in [0.1, 0.15) is 0 Å². The van der Waals surface area contributed by atoms with E-state index in [9.17, 15) is 14.9 Å². The molecule has 0 saturated heterocycles. The van der Waals surface area contributed by atoms with Crippen molar-refractivity contribution >= 4 is 17.7 Å². The Balaban J connectivity index is 2.68. The first kappa shape index (κ1) is 9.91. The van der Waals surface area contributed by atoms with Crippen molar-refractivity contribution in [2.75, 3.05) is 5.32 Å². The molecular formula is C9H8N2O3. The molecule has 1 aromatic rings. The number of nitro groups is 1. The molecule has 0 radical (unpaired) electrons. The third-order valence-electron chi connectivity index (χ3n) is 1.50. The van der Waals surface area contributed by atoms with Crippen LogP contribution >= 0.6 is 0 Å². The van der Waals surface area contributed by atoms with E-state index in [2.05, 4.69) is 5.32 Å². The molecule has 1 N–H and O–H groups in total. The number of nitrogens with one attached hydrogen (secondary N) is 1. The Labute approximate surface area is 80.2 Å². The topological polar surface area (TPSA) is 72.2 Å². The van der Waals surface area contributed by atoms with Crippen molar-refractivity contribution in [1.29, 1.82) is 0 Å². The number of aldehydes is 1. The first-order chi connectivity index (χ1) is 6.74. The lowest BCUT2D eigenvalue weighted by Gasteiger charge is -1.98. The van der Waals surface area contributed by atoms with Gasteiger partial charge in [0.2, 0.25) is 0 Å². The molecule has 0 aromatic heterocycles. The summed E-state index contributed by atoms with van der Waals surface area (Å²) in [6.45, 7) is 0. The van der Waals surface area contributed by atoms with Crippen molar-refractivity contribution in [2.24, 2.45) is 0 Å². The molecule has 14 heavy (non-hydrogen) atoms. The minimum atomic E-state index is -0.467. The van der Waals surface area contributed by atoms with Crippen LogP contribution in [0.15, 0.2) is 36.5 Å². The highest BCUT2D eigenvalue weighted by Gasteiger charge is 2.02. The van der Waals surface area contributed by atoms with E-state index in [4.69, 9.17) is 0 Å². The summed E-state index contributed by atoms with van der Waals surface area (Å²) in [5, 5.41) is 13.1. The second-order valence-electron chi connectivity index (χ2n) is 2.44. The van der Waals surface area contributed by atoms with Crippen LogP contribution in [-0.4, -0.2) is 11.2 Å². The maximum absolute atomic E-state index is 10.3. The van der Waals surface area contributed by atoms with Crippen LogP contribution in [0, 0.1) is 10.1 Å². The van der Waals surface area contributed by atoms with Gasteiger partial charge in [-0.25, -0.2) is 0 Å². The molecule has 0 spiro atoms. The van der Waals surface area contributed by atoms with E-state index in [0.29, 0.717) is 12.0 Å². The van der Waals surface area contributed by atoms with E-state index in [1.807, 2.05) is 0 Å². The first-order valence-electron chi connectivity index (χ1n) is 3.85. The number of benzene rings is 1. The Morgan fingerprint density at radius 3 is 2.43 bits per heavy atom. The lowest BCUT2D eigenvalue weighted by atomic mass is 10.3. The molecule has 0 bridgehead atoms. The normalized spacial score (nSPS) is 10.0. The van der Waals surface area contributed by atoms with Gasteiger partial charge in [-0.2, -0.15) is 0 Å². The molecule has 0 aliphatic carbocycles. The lowest BCUT2D eigenvalue weighted by Crippen LogP contribution is -1.90. The van der Waals surface area contributed by atoms with Gasteiger partial charge in [-0.05, 0) is 18.2 Å². The van der Waals surface area contributed by atoms with Crippen LogP contribution in [0.25, 0.3) is 0 Å². The van der Waals surface area contributed by atoms with Gasteiger partial charge in [0.15, 0.2) is 0 Å². The van der Waals surface area contributed by atoms with Crippen molar-refractivity contribution in [3.63, 3.8) is 0 Å². The summed E-state index contributed by atoms with van der Waals surface area (Å²) >= 11 is 0. The van der Waals surface area contributed by atoms with Gasteiger partial charge in [0.1, 0.15) is 6.29 Å². The number of hydrogen-bond acceptors (Lipinski definition) is 4. The van der Waals surface area contributed by atoms with Gasteiger partial charge in [-0.15, -0.1) is 0 Å². The molecule has 1 aromatic carbocycles. The van der Waals surface area contributed by atoms with E-state index < -0.39 is 4.92 Å². The minimum Gasteiger partial charge on any atom is -0.362 e. The Morgan fingerprint density at radius 2 is 1.93 bits per heavy atom. The fourth-order valence-corrected chi connectivity index (χ4v) is 0.863. The lowest BCUT2D eigenvalue weighted by molar-refractivity contribution is -0.384. The quantitative estimate of drug-likeness (QED) is 0.341. The molecule has 0 unspecified atom stereocenters. The largest absolute Gasteiger partial charge is 0.362 e. The van der Waals surface area contributed by atoms with Crippen molar-refractivity contribution in [1.82, 2.24) is 0 Å². The number of carbonyl (C=O) groups excluding carboxylic acids is 1. The number of allylic oxidation sites excluding steroid dienone is 1. The predicted octanol–water partition coefficient (Wildman–Crippen LogP) is 1.72. The molecule has 5 heteroatoms. The van der Waals surface area contributed by atoms with Gasteiger partial charge in [-0.1, -0.05) is 0 Å². The molecule has 5 nitrogen and oxygen atoms in total. The van der Waals surface area contributed by atoms with Gasteiger partial charge in [0.25, 0.3) is 5.69 Å². The third kappa shape index (κ3) is 2.71. The highest BCUT2D eigenvalue weighted by Crippen LogP contribution is 2.14. The fourth-order valence-electron chi connectivity index (χ4n) is 0.863. The molecule has 72 valence electrons. The summed E-state index contributed by atoms with van der Waals surface area (Å²) in [6, 6.07) is 5.90. The summed E-state index contributed by atoms with van der Waals surface area (Å²) in [5.74, 6) is 0. The van der Waals surface area contributed by atoms with Gasteiger partial charge < -0.3 is 5.32 Å². The van der Waals surface area contributed by atoms with E-state index in [-0.39, 0.29) is 5.69 Å². The van der Waals surface area contributed by atoms with Gasteiger partial charge in [-0.3, -0.25) is 14.9 Å². The van der Waals surface area contributed by atoms with E-state index in [1.54, 1.807) is 12.1 Å². The molecule has 0 saturated carbocycles. The zero-order chi connectivity index (χ0) is 10.4. The SMILES string of the molecule is O=CC=CNc1ccc([N+](=O)[O-])cc1. The third-order valence-corrected chi connectivity index (χ3v) is 1.50. The van der Waals surface area contributed by atoms with E-state index >= 15 is 0 Å². The molecule has 0 aliphatic heterocycles. The van der Waals surface area contributed by atoms with Crippen LogP contribution < -0.4 is 5.32 Å². The maximum atomic E-state index is 10.3. The number of rotatable bonds is 4. The number of nitrogens with zero attached hydrogens (tertiary/aromatic N) is 1. The standard InChI is InChI=1S/C9H8N2O3/c12-7-1-6-10-8-2-4-9(5-3-8)11(13)14/h1-7,10H. The number of carbonyl (C=O) groups is 1. The highest BCUT2D eigenvalue weighted by molar-refractivity contribution is 5.66. The molecular weight excluding hydrogens is 184 g/mol. The van der Waals surface area contributed by atoms with E-state index in [0.717, 1.165) is 0 Å². The summed E-state index contributed by atoms with van der Waals surface area (Å²) in [4.78, 5) is 19.8. The number of hydrogen-bond donors (Lipinski definition) is 1. The summed E-state index contributed by atoms with van der Waals surface area (Å²) in [6.07, 6.45) is 3.38. The Hall–Kier alpha value is -2.17. The Kier molecular flexibility index (Phi) is 3.37. The maximum Gasteiger partial charge on any atom is 0.269 e. The van der Waals surface area contributed by atoms with Crippen molar-refractivity contribution in [3.05, 3.63) is 46.7 Å². The van der Waals surface area contributed by atoms with Crippen LogP contribution in [0.3, 0.4) is 0 Å². The smallest absolute Gasteiger partial charge is 0.269 e. The molecule has 0 amide bonds. The van der Waals surface area contributed by atoms with Crippen molar-refractivity contribution in [3.8, 4) is 0 Å². The zero-order valence-corrected chi connectivity index (χ0v) is 7.21. The average Bonchev–Trinajstić information content (AvgIpc) is 2.19. The molecule has 1 rings (SSSR count). The number of non-ortho nitro benzene ring substituents is 1. The molecule has 0 heterocycles. The van der Waals surface area contributed by atoms with Gasteiger partial charge in [0.05, 0.1) is 4.92 Å². The van der Waals surface area contributed by atoms with Crippen molar-refractivity contribution in [2.45, 2.75) is 0 Å². The monoisotopic (exact) mass is 192 g/mol. The van der Waals surface area contributed by atoms with Crippen LogP contribution in [0.2, 0.25) is 0 Å². The number of nitro benzene ring substituents is 1. The summed E-state index contributed by atoms with van der Waals surface area (Å²) < 4.78 is 0. The van der Waals surface area contributed by atoms with Crippen molar-refractivity contribution < 1.29 is 9.72 Å². The Bertz CT molecular complexity index is 357. The predicted molar refractivity (Wildman–Crippen MR) is 51.9 cm³/mol. The van der Waals surface area contributed by atoms with Crippen LogP contribution in [0.5, 0.6) is 0 Å². The Morgan fingerprint density at radius 1 is 1.29 bits per heavy atom. The summed E-state index contributed by atoms with van der Waals surface area (Å²) in [7, 11) is 0. The average molecular weight is 192 g/mol. The molecule has 0 atom stereocenters. The second kappa shape index (κ2) is 4.76. The van der Waals surface area contributed by atoms with Gasteiger partial charge >= 0.3 is 0 Å².